The standard InChI is InChI=1S/C35H32N6O4/c1-4-20-45-34(43)17-7-24-28-11-9-26(38-28)22(3)25-8-10-27(37-25)23(6-16-33(42)44-5-2)29-12-14-31(39-29)35(41-19-18-36-21-41)32-15-13-30(24)40-32/h4-5,8-15,18-19,21,39-40H,1-2,6-7,16-17,20H2,3H3. The van der Waals surface area contributed by atoms with Crippen molar-refractivity contribution in [2.24, 2.45) is 0 Å². The van der Waals surface area contributed by atoms with E-state index in [4.69, 9.17) is 19.4 Å². The van der Waals surface area contributed by atoms with Gasteiger partial charge in [-0.25, -0.2) is 15.0 Å². The topological polar surface area (TPSA) is 128 Å². The van der Waals surface area contributed by atoms with Gasteiger partial charge in [0.25, 0.3) is 0 Å². The number of nitrogens with one attached hydrogen (secondary N) is 2. The summed E-state index contributed by atoms with van der Waals surface area (Å²) in [5.41, 5.74) is 9.89. The summed E-state index contributed by atoms with van der Waals surface area (Å²) < 4.78 is 12.2. The molecule has 0 unspecified atom stereocenters. The van der Waals surface area contributed by atoms with Gasteiger partial charge < -0.3 is 24.0 Å². The molecule has 6 heterocycles. The first kappa shape index (κ1) is 29.3. The molecule has 0 saturated carbocycles. The van der Waals surface area contributed by atoms with Crippen molar-refractivity contribution >= 4 is 58.3 Å². The van der Waals surface area contributed by atoms with Crippen LogP contribution < -0.4 is 0 Å². The normalized spacial score (nSPS) is 11.8. The van der Waals surface area contributed by atoms with Gasteiger partial charge in [0.15, 0.2) is 0 Å². The van der Waals surface area contributed by atoms with E-state index in [9.17, 15) is 9.59 Å². The van der Waals surface area contributed by atoms with Crippen molar-refractivity contribution in [1.29, 1.82) is 0 Å². The Morgan fingerprint density at radius 2 is 1.38 bits per heavy atom. The quantitative estimate of drug-likeness (QED) is 0.105. The third kappa shape index (κ3) is 6.16. The zero-order valence-corrected chi connectivity index (χ0v) is 24.9. The van der Waals surface area contributed by atoms with Crippen LogP contribution >= 0.6 is 0 Å². The number of fused-ring (bicyclic) bond motifs is 8. The van der Waals surface area contributed by atoms with E-state index in [1.165, 1.54) is 0 Å². The molecule has 2 N–H and O–H groups in total. The fourth-order valence-corrected chi connectivity index (χ4v) is 5.47. The predicted molar refractivity (Wildman–Crippen MR) is 175 cm³/mol. The van der Waals surface area contributed by atoms with Crippen LogP contribution in [0.5, 0.6) is 0 Å². The number of imidazole rings is 1. The van der Waals surface area contributed by atoms with Crippen LogP contribution in [0, 0.1) is 6.92 Å². The molecule has 0 aliphatic carbocycles. The van der Waals surface area contributed by atoms with Crippen LogP contribution in [-0.4, -0.2) is 48.0 Å². The molecule has 45 heavy (non-hydrogen) atoms. The van der Waals surface area contributed by atoms with Crippen LogP contribution in [0.25, 0.3) is 52.1 Å². The minimum absolute atomic E-state index is 0.159. The summed E-state index contributed by atoms with van der Waals surface area (Å²) in [5, 5.41) is 0. The number of esters is 2. The Balaban J connectivity index is 1.63. The minimum Gasteiger partial charge on any atom is -0.461 e. The lowest BCUT2D eigenvalue weighted by Crippen LogP contribution is -2.06. The van der Waals surface area contributed by atoms with Crippen molar-refractivity contribution in [2.75, 3.05) is 6.61 Å². The van der Waals surface area contributed by atoms with Gasteiger partial charge in [0.2, 0.25) is 0 Å². The maximum absolute atomic E-state index is 12.5. The van der Waals surface area contributed by atoms with Crippen LogP contribution in [-0.2, 0) is 31.9 Å². The highest BCUT2D eigenvalue weighted by atomic mass is 16.5. The molecular weight excluding hydrogens is 568 g/mol. The Kier molecular flexibility index (Phi) is 8.37. The molecule has 0 saturated heterocycles. The van der Waals surface area contributed by atoms with E-state index in [2.05, 4.69) is 28.1 Å². The van der Waals surface area contributed by atoms with Crippen molar-refractivity contribution in [3.63, 3.8) is 0 Å². The van der Waals surface area contributed by atoms with E-state index < -0.39 is 0 Å². The lowest BCUT2D eigenvalue weighted by molar-refractivity contribution is -0.142. The van der Waals surface area contributed by atoms with Crippen molar-refractivity contribution in [3.05, 3.63) is 108 Å². The molecule has 0 spiro atoms. The molecule has 226 valence electrons. The number of hydrogen-bond donors (Lipinski definition) is 2. The predicted octanol–water partition coefficient (Wildman–Crippen LogP) is 6.43. The van der Waals surface area contributed by atoms with E-state index >= 15 is 0 Å². The van der Waals surface area contributed by atoms with Crippen molar-refractivity contribution < 1.29 is 19.1 Å². The first-order valence-corrected chi connectivity index (χ1v) is 14.6. The van der Waals surface area contributed by atoms with E-state index in [1.807, 2.05) is 66.3 Å². The second kappa shape index (κ2) is 12.8. The summed E-state index contributed by atoms with van der Waals surface area (Å²) in [6.07, 6.45) is 17.0. The lowest BCUT2D eigenvalue weighted by Gasteiger charge is -2.05. The highest BCUT2D eigenvalue weighted by molar-refractivity contribution is 5.86. The largest absolute Gasteiger partial charge is 0.461 e. The van der Waals surface area contributed by atoms with E-state index in [0.29, 0.717) is 12.8 Å². The molecule has 8 bridgehead atoms. The van der Waals surface area contributed by atoms with Gasteiger partial charge in [0.05, 0.1) is 58.5 Å². The van der Waals surface area contributed by atoms with Crippen LogP contribution in [0.15, 0.2) is 68.5 Å². The zero-order valence-electron chi connectivity index (χ0n) is 24.9. The third-order valence-electron chi connectivity index (χ3n) is 7.70. The first-order chi connectivity index (χ1) is 21.9. The summed E-state index contributed by atoms with van der Waals surface area (Å²) >= 11 is 0. The number of aryl methyl sites for hydroxylation is 2. The maximum Gasteiger partial charge on any atom is 0.310 e. The first-order valence-electron chi connectivity index (χ1n) is 14.6. The second-order valence-corrected chi connectivity index (χ2v) is 10.5. The SMILES string of the molecule is C=CCOC(=O)CCc1c2nc(c(C)c3nc(c(CCC(=O)OC=C)c4ccc([nH]4)c(-n4ccnc4)c4ccc1[nH]4)C=C3)C=C2. The fraction of sp³-hybridized carbons (Fsp3) is 0.171. The van der Waals surface area contributed by atoms with Crippen LogP contribution in [0.3, 0.4) is 0 Å². The molecule has 2 aliphatic heterocycles. The molecule has 4 aromatic rings. The summed E-state index contributed by atoms with van der Waals surface area (Å²) in [6.45, 7) is 9.27. The second-order valence-electron chi connectivity index (χ2n) is 10.5. The highest BCUT2D eigenvalue weighted by Gasteiger charge is 2.17. The molecule has 6 rings (SSSR count). The summed E-state index contributed by atoms with van der Waals surface area (Å²) in [7, 11) is 0. The van der Waals surface area contributed by atoms with Crippen LogP contribution in [0.4, 0.5) is 0 Å². The number of rotatable bonds is 10. The summed E-state index contributed by atoms with van der Waals surface area (Å²) in [4.78, 5) is 46.1. The smallest absolute Gasteiger partial charge is 0.310 e. The fourth-order valence-electron chi connectivity index (χ4n) is 5.47. The Morgan fingerprint density at radius 3 is 1.91 bits per heavy atom. The molecule has 10 nitrogen and oxygen atoms in total. The van der Waals surface area contributed by atoms with Crippen molar-refractivity contribution in [2.45, 2.75) is 32.6 Å². The molecule has 0 radical (unpaired) electrons. The van der Waals surface area contributed by atoms with Gasteiger partial charge in [-0.3, -0.25) is 9.59 Å². The zero-order chi connectivity index (χ0) is 31.3. The average molecular weight is 601 g/mol. The number of H-pyrrole nitrogens is 2. The van der Waals surface area contributed by atoms with Crippen LogP contribution in [0.1, 0.15) is 52.3 Å². The van der Waals surface area contributed by atoms with E-state index in [1.54, 1.807) is 18.6 Å². The molecule has 0 atom stereocenters. The average Bonchev–Trinajstić information content (AvgIpc) is 3.88. The van der Waals surface area contributed by atoms with Gasteiger partial charge in [0.1, 0.15) is 6.61 Å². The van der Waals surface area contributed by atoms with Gasteiger partial charge in [-0.2, -0.15) is 0 Å². The molecule has 4 aromatic heterocycles. The monoisotopic (exact) mass is 600 g/mol. The maximum atomic E-state index is 12.5. The lowest BCUT2D eigenvalue weighted by atomic mass is 10.1. The van der Waals surface area contributed by atoms with E-state index in [-0.39, 0.29) is 31.4 Å². The Morgan fingerprint density at radius 1 is 0.822 bits per heavy atom. The number of ether oxygens (including phenoxy) is 2. The van der Waals surface area contributed by atoms with E-state index in [0.717, 1.165) is 73.5 Å². The molecular formula is C35H32N6O4. The minimum atomic E-state index is -0.370. The van der Waals surface area contributed by atoms with Crippen molar-refractivity contribution in [3.8, 4) is 5.69 Å². The summed E-state index contributed by atoms with van der Waals surface area (Å²) in [5.74, 6) is -0.677. The number of carbonyl (C=O) groups is 2. The number of aromatic amines is 2. The van der Waals surface area contributed by atoms with Gasteiger partial charge >= 0.3 is 11.9 Å². The number of carbonyl (C=O) groups excluding carboxylic acids is 2. The van der Waals surface area contributed by atoms with Gasteiger partial charge in [-0.1, -0.05) is 19.2 Å². The summed E-state index contributed by atoms with van der Waals surface area (Å²) in [6, 6.07) is 7.99. The number of hydrogen-bond acceptors (Lipinski definition) is 7. The molecule has 0 fully saturated rings. The Labute approximate surface area is 259 Å². The number of aromatic nitrogens is 6. The molecule has 2 aliphatic rings. The molecule has 10 heteroatoms. The molecule has 0 aromatic carbocycles. The van der Waals surface area contributed by atoms with Crippen molar-refractivity contribution in [1.82, 2.24) is 29.5 Å². The van der Waals surface area contributed by atoms with Gasteiger partial charge in [-0.15, -0.1) is 0 Å². The Bertz CT molecular complexity index is 2030. The van der Waals surface area contributed by atoms with Gasteiger partial charge in [-0.05, 0) is 68.3 Å². The Hall–Kier alpha value is -5.77. The highest BCUT2D eigenvalue weighted by Crippen LogP contribution is 2.29. The molecule has 0 amide bonds. The third-order valence-corrected chi connectivity index (χ3v) is 7.70. The van der Waals surface area contributed by atoms with Crippen LogP contribution in [0.2, 0.25) is 0 Å². The number of nitrogens with zero attached hydrogens (tertiary/aromatic N) is 4. The van der Waals surface area contributed by atoms with Gasteiger partial charge in [0, 0.05) is 46.5 Å².